The van der Waals surface area contributed by atoms with Crippen LogP contribution in [0.1, 0.15) is 187 Å². The number of unbranched alkanes of at least 4 members (excludes halogenated alkanes) is 26. The van der Waals surface area contributed by atoms with Gasteiger partial charge in [0.1, 0.15) is 0 Å². The second-order valence-electron chi connectivity index (χ2n) is 10.9. The highest BCUT2D eigenvalue weighted by molar-refractivity contribution is 4.87. The van der Waals surface area contributed by atoms with Gasteiger partial charge in [0.2, 0.25) is 0 Å². The van der Waals surface area contributed by atoms with Gasteiger partial charge in [-0.15, -0.1) is 0 Å². The third-order valence-corrected chi connectivity index (χ3v) is 7.20. The van der Waals surface area contributed by atoms with Gasteiger partial charge in [-0.25, -0.2) is 0 Å². The van der Waals surface area contributed by atoms with E-state index < -0.39 is 0 Å². The van der Waals surface area contributed by atoms with Gasteiger partial charge in [-0.05, 0) is 64.2 Å². The predicted octanol–water partition coefficient (Wildman–Crippen LogP) is 13.1. The summed E-state index contributed by atoms with van der Waals surface area (Å²) >= 11 is 0. The molecule has 0 aromatic carbocycles. The monoisotopic (exact) mass is 487 g/mol. The van der Waals surface area contributed by atoms with E-state index in [1.165, 1.54) is 173 Å². The summed E-state index contributed by atoms with van der Waals surface area (Å²) in [5.41, 5.74) is 0. The summed E-state index contributed by atoms with van der Waals surface area (Å²) in [6.45, 7) is 4.57. The second-order valence-corrected chi connectivity index (χ2v) is 10.9. The molecule has 0 aliphatic heterocycles. The molecule has 0 aliphatic rings. The number of hydrogen-bond donors (Lipinski definition) is 0. The molecule has 0 saturated heterocycles. The number of hydrogen-bond acceptors (Lipinski definition) is 0. The first-order valence-corrected chi connectivity index (χ1v) is 16.3. The van der Waals surface area contributed by atoms with Crippen LogP contribution in [0.15, 0.2) is 24.3 Å². The van der Waals surface area contributed by atoms with Crippen molar-refractivity contribution < 1.29 is 0 Å². The van der Waals surface area contributed by atoms with Gasteiger partial charge in [-0.2, -0.15) is 0 Å². The highest BCUT2D eigenvalue weighted by Gasteiger charge is 1.94. The molecule has 0 N–H and O–H groups in total. The molecule has 0 unspecified atom stereocenters. The van der Waals surface area contributed by atoms with Gasteiger partial charge in [-0.3, -0.25) is 0 Å². The Morgan fingerprint density at radius 2 is 0.571 bits per heavy atom. The summed E-state index contributed by atoms with van der Waals surface area (Å²) < 4.78 is 0. The molecular formula is C35H66. The van der Waals surface area contributed by atoms with Crippen LogP contribution in [0.25, 0.3) is 0 Å². The minimum atomic E-state index is 1.18. The number of allylic oxidation sites excluding steroid dienone is 4. The summed E-state index contributed by atoms with van der Waals surface area (Å²) in [5, 5.41) is 0. The molecule has 0 spiro atoms. The first-order valence-electron chi connectivity index (χ1n) is 16.3. The summed E-state index contributed by atoms with van der Waals surface area (Å²) in [4.78, 5) is 0. The zero-order valence-electron chi connectivity index (χ0n) is 24.6. The van der Waals surface area contributed by atoms with E-state index in [2.05, 4.69) is 51.0 Å². The molecule has 0 atom stereocenters. The maximum atomic E-state index is 2.46. The van der Waals surface area contributed by atoms with Crippen LogP contribution < -0.4 is 0 Å². The van der Waals surface area contributed by atoms with Crippen molar-refractivity contribution in [3.8, 4) is 0 Å². The van der Waals surface area contributed by atoms with E-state index in [0.717, 1.165) is 0 Å². The van der Waals surface area contributed by atoms with Gasteiger partial charge in [0.15, 0.2) is 0 Å². The van der Waals surface area contributed by atoms with Crippen LogP contribution in [0.2, 0.25) is 0 Å². The van der Waals surface area contributed by atoms with Crippen molar-refractivity contribution in [1.29, 1.82) is 0 Å². The fourth-order valence-corrected chi connectivity index (χ4v) is 4.76. The first kappa shape index (κ1) is 34.5. The van der Waals surface area contributed by atoms with Crippen LogP contribution in [-0.4, -0.2) is 0 Å². The van der Waals surface area contributed by atoms with Crippen molar-refractivity contribution in [1.82, 2.24) is 0 Å². The van der Waals surface area contributed by atoms with E-state index in [0.29, 0.717) is 0 Å². The molecule has 0 aromatic rings. The van der Waals surface area contributed by atoms with Crippen LogP contribution in [-0.2, 0) is 0 Å². The molecular weight excluding hydrogens is 420 g/mol. The van der Waals surface area contributed by atoms with Crippen molar-refractivity contribution in [3.05, 3.63) is 37.1 Å². The Morgan fingerprint density at radius 3 is 0.914 bits per heavy atom. The second kappa shape index (κ2) is 33.5. The van der Waals surface area contributed by atoms with Gasteiger partial charge in [0, 0.05) is 0 Å². The van der Waals surface area contributed by atoms with E-state index in [9.17, 15) is 0 Å². The number of rotatable bonds is 30. The minimum Gasteiger partial charge on any atom is -0.0885 e. The zero-order chi connectivity index (χ0) is 25.3. The Labute approximate surface area is 224 Å². The molecule has 0 rings (SSSR count). The molecule has 0 aromatic heterocycles. The average Bonchev–Trinajstić information content (AvgIpc) is 2.87. The van der Waals surface area contributed by atoms with Crippen LogP contribution in [0, 0.1) is 12.8 Å². The maximum absolute atomic E-state index is 2.46. The topological polar surface area (TPSA) is 0 Å². The lowest BCUT2D eigenvalue weighted by atomic mass is 10.0. The molecule has 0 fully saturated rings. The van der Waals surface area contributed by atoms with Gasteiger partial charge in [0.05, 0.1) is 0 Å². The predicted molar refractivity (Wildman–Crippen MR) is 163 cm³/mol. The lowest BCUT2D eigenvalue weighted by molar-refractivity contribution is 0.538. The first-order chi connectivity index (χ1) is 17.4. The summed E-state index contributed by atoms with van der Waals surface area (Å²) in [6, 6.07) is 0. The van der Waals surface area contributed by atoms with E-state index in [4.69, 9.17) is 0 Å². The molecule has 35 heavy (non-hydrogen) atoms. The molecule has 0 saturated carbocycles. The molecule has 0 heterocycles. The van der Waals surface area contributed by atoms with Gasteiger partial charge < -0.3 is 0 Å². The van der Waals surface area contributed by atoms with Gasteiger partial charge >= 0.3 is 0 Å². The normalized spacial score (nSPS) is 11.9. The Hall–Kier alpha value is -0.520. The van der Waals surface area contributed by atoms with Crippen molar-refractivity contribution in [2.24, 2.45) is 0 Å². The summed E-state index contributed by atoms with van der Waals surface area (Å²) in [6.07, 6.45) is 51.9. The molecule has 0 nitrogen and oxygen atoms in total. The smallest absolute Gasteiger partial charge is 0.0319 e. The van der Waals surface area contributed by atoms with E-state index in [1.54, 1.807) is 0 Å². The summed E-state index contributed by atoms with van der Waals surface area (Å²) in [5.74, 6) is 0. The molecule has 2 radical (unpaired) electrons. The SMILES string of the molecule is CCCCCC[CH]C/C=C/CCCCCCCCCCCCCCC/C=C/C[CH]CCCCCC. The third kappa shape index (κ3) is 33.5. The van der Waals surface area contributed by atoms with Crippen molar-refractivity contribution in [2.75, 3.05) is 0 Å². The third-order valence-electron chi connectivity index (χ3n) is 7.20. The molecule has 206 valence electrons. The van der Waals surface area contributed by atoms with Crippen LogP contribution in [0.4, 0.5) is 0 Å². The Morgan fingerprint density at radius 1 is 0.286 bits per heavy atom. The van der Waals surface area contributed by atoms with E-state index in [1.807, 2.05) is 0 Å². The largest absolute Gasteiger partial charge is 0.0885 e. The van der Waals surface area contributed by atoms with Crippen LogP contribution in [0.3, 0.4) is 0 Å². The Balaban J connectivity index is 3.10. The van der Waals surface area contributed by atoms with Crippen LogP contribution >= 0.6 is 0 Å². The minimum absolute atomic E-state index is 1.18. The molecule has 0 heteroatoms. The van der Waals surface area contributed by atoms with Crippen LogP contribution in [0.5, 0.6) is 0 Å². The van der Waals surface area contributed by atoms with E-state index >= 15 is 0 Å². The average molecular weight is 487 g/mol. The maximum Gasteiger partial charge on any atom is -0.0319 e. The fraction of sp³-hybridized carbons (Fsp3) is 0.829. The van der Waals surface area contributed by atoms with Crippen molar-refractivity contribution in [3.63, 3.8) is 0 Å². The highest BCUT2D eigenvalue weighted by Crippen LogP contribution is 2.14. The molecule has 0 amide bonds. The van der Waals surface area contributed by atoms with Crippen molar-refractivity contribution >= 4 is 0 Å². The Bertz CT molecular complexity index is 366. The molecule has 0 aliphatic carbocycles. The van der Waals surface area contributed by atoms with Gasteiger partial charge in [0.25, 0.3) is 0 Å². The zero-order valence-corrected chi connectivity index (χ0v) is 24.6. The fourth-order valence-electron chi connectivity index (χ4n) is 4.76. The standard InChI is InChI=1S/C35H66/c1-3-5-7-9-11-13-15-17-19-21-23-25-27-29-31-33-35-34-32-30-28-26-24-22-20-18-16-14-12-10-8-6-4-2/h13-14,17-20H,3-12,15-16,21-35H2,1-2H3/b19-17+,20-18+. The quantitative estimate of drug-likeness (QED) is 0.0699. The lowest BCUT2D eigenvalue weighted by Gasteiger charge is -2.03. The summed E-state index contributed by atoms with van der Waals surface area (Å²) in [7, 11) is 0. The van der Waals surface area contributed by atoms with Crippen molar-refractivity contribution in [2.45, 2.75) is 187 Å². The van der Waals surface area contributed by atoms with Gasteiger partial charge in [-0.1, -0.05) is 160 Å². The Kier molecular flexibility index (Phi) is 33.0. The lowest BCUT2D eigenvalue weighted by Crippen LogP contribution is -1.83. The highest BCUT2D eigenvalue weighted by atomic mass is 14.0. The molecule has 0 bridgehead atoms. The van der Waals surface area contributed by atoms with E-state index in [-0.39, 0.29) is 0 Å².